The van der Waals surface area contributed by atoms with E-state index in [4.69, 9.17) is 55.9 Å². The molecule has 0 aliphatic rings. The largest absolute Gasteiger partial charge is 0.493 e. The fourth-order valence-corrected chi connectivity index (χ4v) is 7.55. The van der Waals surface area contributed by atoms with Gasteiger partial charge in [-0.15, -0.1) is 10.2 Å². The Balaban J connectivity index is 1.53. The highest BCUT2D eigenvalue weighted by Gasteiger charge is 2.19. The van der Waals surface area contributed by atoms with Crippen molar-refractivity contribution in [3.05, 3.63) is 110 Å². The highest BCUT2D eigenvalue weighted by Crippen LogP contribution is 2.38. The van der Waals surface area contributed by atoms with Crippen LogP contribution in [0.4, 0.5) is 28.7 Å². The van der Waals surface area contributed by atoms with Gasteiger partial charge in [0.2, 0.25) is 5.95 Å². The van der Waals surface area contributed by atoms with E-state index in [2.05, 4.69) is 40.7 Å². The number of nitrogens with one attached hydrogen (secondary N) is 1. The molecule has 5 aromatic rings. The molecule has 0 fully saturated rings. The molecule has 330 valence electrons. The van der Waals surface area contributed by atoms with Crippen LogP contribution < -0.4 is 14.8 Å². The van der Waals surface area contributed by atoms with Gasteiger partial charge in [-0.3, -0.25) is 13.7 Å². The quantitative estimate of drug-likeness (QED) is 0.0321. The van der Waals surface area contributed by atoms with Gasteiger partial charge < -0.3 is 14.8 Å². The lowest BCUT2D eigenvalue weighted by atomic mass is 10.1. The third kappa shape index (κ3) is 15.0. The van der Waals surface area contributed by atoms with Crippen LogP contribution in [-0.2, 0) is 43.2 Å². The number of rotatable bonds is 20. The molecule has 0 saturated carbocycles. The zero-order chi connectivity index (χ0) is 45.2. The lowest BCUT2D eigenvalue weighted by Gasteiger charge is -2.15. The molecule has 0 radical (unpaired) electrons. The average molecular weight is 993 g/mol. The molecule has 0 aliphatic carbocycles. The second kappa shape index (κ2) is 21.2. The van der Waals surface area contributed by atoms with Gasteiger partial charge in [0.05, 0.1) is 45.4 Å². The number of nitrogens with zero attached hydrogens (tertiary/aromatic N) is 7. The molecular weight excluding hydrogens is 958 g/mol. The van der Waals surface area contributed by atoms with Gasteiger partial charge in [-0.05, 0) is 67.4 Å². The molecule has 5 rings (SSSR count). The van der Waals surface area contributed by atoms with Crippen LogP contribution in [-0.4, -0.2) is 78.7 Å². The number of ether oxygens (including phenoxy) is 2. The molecule has 4 N–H and O–H groups in total. The zero-order valence-electron chi connectivity index (χ0n) is 32.0. The monoisotopic (exact) mass is 990 g/mol. The summed E-state index contributed by atoms with van der Waals surface area (Å²) in [6.07, 6.45) is 0.321. The fraction of sp³-hybridized carbons (Fsp3) is 0.250. The minimum Gasteiger partial charge on any atom is -0.493 e. The maximum Gasteiger partial charge on any atom is 0.296 e. The third-order valence-electron chi connectivity index (χ3n) is 7.93. The van der Waals surface area contributed by atoms with Crippen molar-refractivity contribution in [1.82, 2.24) is 15.0 Å². The zero-order valence-corrected chi connectivity index (χ0v) is 37.5. The molecule has 0 atom stereocenters. The minimum atomic E-state index is -4.70. The molecule has 4 aromatic carbocycles. The molecule has 0 saturated heterocycles. The summed E-state index contributed by atoms with van der Waals surface area (Å²) in [5.41, 5.74) is 1.62. The Morgan fingerprint density at radius 2 is 1.16 bits per heavy atom. The van der Waals surface area contributed by atoms with Crippen molar-refractivity contribution in [3.63, 3.8) is 0 Å². The van der Waals surface area contributed by atoms with Crippen LogP contribution in [0.15, 0.2) is 92.1 Å². The van der Waals surface area contributed by atoms with Crippen molar-refractivity contribution >= 4 is 105 Å². The molecule has 62 heavy (non-hydrogen) atoms. The summed E-state index contributed by atoms with van der Waals surface area (Å²) in [5, 5.41) is 19.5. The van der Waals surface area contributed by atoms with Gasteiger partial charge in [0.25, 0.3) is 30.4 Å². The van der Waals surface area contributed by atoms with Crippen molar-refractivity contribution < 1.29 is 48.4 Å². The second-order valence-electron chi connectivity index (χ2n) is 12.9. The van der Waals surface area contributed by atoms with Crippen LogP contribution >= 0.6 is 46.4 Å². The van der Waals surface area contributed by atoms with Gasteiger partial charge in [-0.1, -0.05) is 53.3 Å². The SMILES string of the molecule is CCCOc1cc(N=Nc2ccc(Cl)cc2)c(Cl)cc1Cc1nc(Cc2cc(Cl)c(N=Nc3ccc(Cl)c(S(=O)(=O)O)c3)cc2OCCCS(=O)(=O)O)nc(NCS(=O)(=O)O)n1. The Kier molecular flexibility index (Phi) is 16.5. The van der Waals surface area contributed by atoms with Crippen LogP contribution in [0.5, 0.6) is 11.5 Å². The van der Waals surface area contributed by atoms with E-state index in [1.54, 1.807) is 36.4 Å². The molecule has 0 aliphatic heterocycles. The molecule has 26 heteroatoms. The number of halogens is 4. The number of azo groups is 2. The number of aromatic nitrogens is 3. The van der Waals surface area contributed by atoms with E-state index in [1.807, 2.05) is 6.92 Å². The van der Waals surface area contributed by atoms with Crippen molar-refractivity contribution in [2.24, 2.45) is 20.5 Å². The minimum absolute atomic E-state index is 0.00216. The maximum atomic E-state index is 11.7. The number of hydrogen-bond donors (Lipinski definition) is 4. The van der Waals surface area contributed by atoms with Crippen molar-refractivity contribution in [2.45, 2.75) is 37.5 Å². The fourth-order valence-electron chi connectivity index (χ4n) is 5.19. The van der Waals surface area contributed by atoms with Crippen LogP contribution in [0, 0.1) is 0 Å². The normalized spacial score (nSPS) is 12.3. The topological polar surface area (TPSA) is 282 Å². The summed E-state index contributed by atoms with van der Waals surface area (Å²) < 4.78 is 110. The summed E-state index contributed by atoms with van der Waals surface area (Å²) in [6, 6.07) is 16.1. The Morgan fingerprint density at radius 3 is 1.68 bits per heavy atom. The van der Waals surface area contributed by atoms with E-state index in [0.29, 0.717) is 46.3 Å². The third-order valence-corrected chi connectivity index (χ3v) is 11.4. The van der Waals surface area contributed by atoms with E-state index in [0.717, 1.165) is 6.07 Å². The van der Waals surface area contributed by atoms with E-state index in [1.165, 1.54) is 24.3 Å². The Labute approximate surface area is 375 Å². The van der Waals surface area contributed by atoms with Crippen molar-refractivity contribution in [1.29, 1.82) is 0 Å². The van der Waals surface area contributed by atoms with Gasteiger partial charge in [0, 0.05) is 41.1 Å². The summed E-state index contributed by atoms with van der Waals surface area (Å²) in [6.45, 7) is 2.01. The van der Waals surface area contributed by atoms with Crippen LogP contribution in [0.25, 0.3) is 0 Å². The maximum absolute atomic E-state index is 11.7. The van der Waals surface area contributed by atoms with Gasteiger partial charge in [0.15, 0.2) is 0 Å². The summed E-state index contributed by atoms with van der Waals surface area (Å²) in [5.74, 6) is -1.22. The first-order valence-corrected chi connectivity index (χ1v) is 24.0. The lowest BCUT2D eigenvalue weighted by Crippen LogP contribution is -2.17. The molecule has 0 unspecified atom stereocenters. The Hall–Kier alpha value is -4.62. The van der Waals surface area contributed by atoms with Crippen molar-refractivity contribution in [2.75, 3.05) is 30.2 Å². The van der Waals surface area contributed by atoms with Crippen molar-refractivity contribution in [3.8, 4) is 11.5 Å². The van der Waals surface area contributed by atoms with Gasteiger partial charge in [-0.25, -0.2) is 4.98 Å². The van der Waals surface area contributed by atoms with E-state index < -0.39 is 46.9 Å². The van der Waals surface area contributed by atoms with E-state index in [-0.39, 0.29) is 75.7 Å². The van der Waals surface area contributed by atoms with Gasteiger partial charge >= 0.3 is 0 Å². The highest BCUT2D eigenvalue weighted by atomic mass is 35.5. The van der Waals surface area contributed by atoms with E-state index in [9.17, 15) is 38.9 Å². The Bertz CT molecular complexity index is 2840. The van der Waals surface area contributed by atoms with Gasteiger partial charge in [0.1, 0.15) is 45.3 Å². The Morgan fingerprint density at radius 1 is 0.629 bits per heavy atom. The second-order valence-corrected chi connectivity index (χ2v) is 18.9. The molecule has 1 heterocycles. The number of anilines is 1. The molecule has 19 nitrogen and oxygen atoms in total. The average Bonchev–Trinajstić information content (AvgIpc) is 3.18. The van der Waals surface area contributed by atoms with Crippen LogP contribution in [0.3, 0.4) is 0 Å². The molecular formula is C36H34Cl4N8O11S3. The summed E-state index contributed by atoms with van der Waals surface area (Å²) in [4.78, 5) is 12.7. The molecule has 0 bridgehead atoms. The van der Waals surface area contributed by atoms with E-state index >= 15 is 0 Å². The van der Waals surface area contributed by atoms with Crippen LogP contribution in [0.2, 0.25) is 20.1 Å². The molecule has 0 spiro atoms. The first kappa shape index (κ1) is 48.4. The van der Waals surface area contributed by atoms with Crippen LogP contribution in [0.1, 0.15) is 42.5 Å². The predicted octanol–water partition coefficient (Wildman–Crippen LogP) is 9.45. The predicted molar refractivity (Wildman–Crippen MR) is 232 cm³/mol. The first-order chi connectivity index (χ1) is 29.2. The lowest BCUT2D eigenvalue weighted by molar-refractivity contribution is 0.313. The number of hydrogen-bond acceptors (Lipinski definition) is 16. The summed E-state index contributed by atoms with van der Waals surface area (Å²) >= 11 is 25.2. The standard InChI is InChI=1S/C36H34Cl4N8O11S3/c1-2-10-58-31-18-29(47-45-24-6-4-23(37)5-7-24)27(39)13-21(31)15-34-42-35(44-36(43-34)41-20-61(52,53)54)16-22-14-28(40)30(19-32(22)59-11-3-12-60(49,50)51)48-46-25-8-9-26(38)33(17-25)62(55,56)57/h4-9,13-14,17-19H,2-3,10-12,15-16,20H2,1H3,(H,49,50,51)(H,52,53,54)(H,55,56,57)(H,41,42,43,44). The van der Waals surface area contributed by atoms with Gasteiger partial charge in [-0.2, -0.15) is 45.4 Å². The highest BCUT2D eigenvalue weighted by molar-refractivity contribution is 7.86. The smallest absolute Gasteiger partial charge is 0.296 e. The summed E-state index contributed by atoms with van der Waals surface area (Å²) in [7, 11) is -13.6. The molecule has 1 aromatic heterocycles. The first-order valence-electron chi connectivity index (χ1n) is 17.8. The molecule has 0 amide bonds. The number of benzene rings is 4.